The second-order valence-corrected chi connectivity index (χ2v) is 8.33. The van der Waals surface area contributed by atoms with E-state index in [-0.39, 0.29) is 12.3 Å². The fourth-order valence-electron chi connectivity index (χ4n) is 2.48. The average molecular weight is 435 g/mol. The molecule has 0 saturated carbocycles. The summed E-state index contributed by atoms with van der Waals surface area (Å²) in [5.74, 6) is 1.83. The molecule has 3 aromatic rings. The van der Waals surface area contributed by atoms with E-state index < -0.39 is 0 Å². The number of halogens is 1. The van der Waals surface area contributed by atoms with Crippen molar-refractivity contribution in [2.24, 2.45) is 0 Å². The van der Waals surface area contributed by atoms with E-state index in [4.69, 9.17) is 21.1 Å². The number of hydrogen-bond acceptors (Lipinski definition) is 6. The SMILES string of the molecule is COc1ccc(OC)c(NC(=O)Cc2csc(SCc3cccc(Cl)c3)n2)c1. The van der Waals surface area contributed by atoms with E-state index in [1.807, 2.05) is 29.6 Å². The minimum Gasteiger partial charge on any atom is -0.497 e. The largest absolute Gasteiger partial charge is 0.497 e. The quantitative estimate of drug-likeness (QED) is 0.488. The summed E-state index contributed by atoms with van der Waals surface area (Å²) in [4.78, 5) is 16.9. The highest BCUT2D eigenvalue weighted by molar-refractivity contribution is 8.00. The van der Waals surface area contributed by atoms with Gasteiger partial charge in [0.2, 0.25) is 5.91 Å². The molecule has 0 bridgehead atoms. The number of carbonyl (C=O) groups is 1. The van der Waals surface area contributed by atoms with Crippen molar-refractivity contribution in [2.75, 3.05) is 19.5 Å². The molecule has 8 heteroatoms. The number of amides is 1. The lowest BCUT2D eigenvalue weighted by Crippen LogP contribution is -2.15. The fraction of sp³-hybridized carbons (Fsp3) is 0.200. The van der Waals surface area contributed by atoms with Gasteiger partial charge in [0.1, 0.15) is 15.8 Å². The molecule has 0 aliphatic rings. The summed E-state index contributed by atoms with van der Waals surface area (Å²) >= 11 is 9.17. The van der Waals surface area contributed by atoms with Crippen LogP contribution in [0.25, 0.3) is 0 Å². The van der Waals surface area contributed by atoms with Gasteiger partial charge in [-0.25, -0.2) is 4.98 Å². The lowest BCUT2D eigenvalue weighted by molar-refractivity contribution is -0.115. The Bertz CT molecular complexity index is 962. The van der Waals surface area contributed by atoms with Crippen LogP contribution < -0.4 is 14.8 Å². The first-order chi connectivity index (χ1) is 13.6. The van der Waals surface area contributed by atoms with Gasteiger partial charge < -0.3 is 14.8 Å². The van der Waals surface area contributed by atoms with Crippen molar-refractivity contribution in [1.29, 1.82) is 0 Å². The van der Waals surface area contributed by atoms with E-state index >= 15 is 0 Å². The van der Waals surface area contributed by atoms with Gasteiger partial charge in [-0.3, -0.25) is 4.79 Å². The number of thioether (sulfide) groups is 1. The van der Waals surface area contributed by atoms with Crippen molar-refractivity contribution in [1.82, 2.24) is 4.98 Å². The van der Waals surface area contributed by atoms with Crippen LogP contribution in [-0.2, 0) is 17.0 Å². The maximum Gasteiger partial charge on any atom is 0.230 e. The zero-order valence-corrected chi connectivity index (χ0v) is 17.8. The van der Waals surface area contributed by atoms with E-state index in [1.54, 1.807) is 44.2 Å². The zero-order chi connectivity index (χ0) is 19.9. The Morgan fingerprint density at radius 2 is 2.07 bits per heavy atom. The maximum atomic E-state index is 12.4. The fourth-order valence-corrected chi connectivity index (χ4v) is 4.48. The molecule has 0 radical (unpaired) electrons. The highest BCUT2D eigenvalue weighted by atomic mass is 35.5. The summed E-state index contributed by atoms with van der Waals surface area (Å²) < 4.78 is 11.4. The van der Waals surface area contributed by atoms with Gasteiger partial charge in [0.25, 0.3) is 0 Å². The highest BCUT2D eigenvalue weighted by Gasteiger charge is 2.12. The van der Waals surface area contributed by atoms with Gasteiger partial charge in [-0.2, -0.15) is 0 Å². The Morgan fingerprint density at radius 3 is 2.82 bits per heavy atom. The molecule has 1 amide bonds. The summed E-state index contributed by atoms with van der Waals surface area (Å²) in [6.45, 7) is 0. The number of hydrogen-bond donors (Lipinski definition) is 1. The molecule has 2 aromatic carbocycles. The summed E-state index contributed by atoms with van der Waals surface area (Å²) in [7, 11) is 3.13. The number of methoxy groups -OCH3 is 2. The molecule has 1 aromatic heterocycles. The Labute approximate surface area is 177 Å². The first-order valence-electron chi connectivity index (χ1n) is 8.41. The van der Waals surface area contributed by atoms with Crippen LogP contribution in [0.3, 0.4) is 0 Å². The molecule has 3 rings (SSSR count). The van der Waals surface area contributed by atoms with Gasteiger partial charge in [-0.15, -0.1) is 11.3 Å². The molecule has 28 heavy (non-hydrogen) atoms. The van der Waals surface area contributed by atoms with Crippen molar-refractivity contribution in [3.05, 3.63) is 64.1 Å². The van der Waals surface area contributed by atoms with Gasteiger partial charge in [0.15, 0.2) is 0 Å². The third-order valence-electron chi connectivity index (χ3n) is 3.80. The molecule has 5 nitrogen and oxygen atoms in total. The second-order valence-electron chi connectivity index (χ2n) is 5.81. The van der Waals surface area contributed by atoms with Crippen LogP contribution in [0.2, 0.25) is 5.02 Å². The van der Waals surface area contributed by atoms with Crippen molar-refractivity contribution < 1.29 is 14.3 Å². The van der Waals surface area contributed by atoms with Gasteiger partial charge in [-0.1, -0.05) is 35.5 Å². The molecule has 0 atom stereocenters. The number of aromatic nitrogens is 1. The lowest BCUT2D eigenvalue weighted by Gasteiger charge is -2.11. The van der Waals surface area contributed by atoms with Crippen LogP contribution in [0.15, 0.2) is 52.2 Å². The number of nitrogens with one attached hydrogen (secondary N) is 1. The Hall–Kier alpha value is -2.22. The van der Waals surface area contributed by atoms with Crippen LogP contribution in [-0.4, -0.2) is 25.1 Å². The summed E-state index contributed by atoms with van der Waals surface area (Å²) in [5.41, 5.74) is 2.44. The predicted octanol–water partition coefficient (Wildman–Crippen LogP) is 5.29. The van der Waals surface area contributed by atoms with Crippen molar-refractivity contribution in [2.45, 2.75) is 16.5 Å². The molecule has 0 saturated heterocycles. The summed E-state index contributed by atoms with van der Waals surface area (Å²) in [5, 5.41) is 5.49. The molecule has 1 heterocycles. The van der Waals surface area contributed by atoms with E-state index in [2.05, 4.69) is 10.3 Å². The third kappa shape index (κ3) is 5.64. The number of thiazole rings is 1. The van der Waals surface area contributed by atoms with Crippen LogP contribution in [0.5, 0.6) is 11.5 Å². The maximum absolute atomic E-state index is 12.4. The van der Waals surface area contributed by atoms with Gasteiger partial charge in [0, 0.05) is 22.2 Å². The van der Waals surface area contributed by atoms with Crippen LogP contribution in [0, 0.1) is 0 Å². The Morgan fingerprint density at radius 1 is 1.21 bits per heavy atom. The summed E-state index contributed by atoms with van der Waals surface area (Å²) in [6.07, 6.45) is 0.189. The average Bonchev–Trinajstić information content (AvgIpc) is 3.13. The first kappa shape index (κ1) is 20.5. The number of carbonyl (C=O) groups excluding carboxylic acids is 1. The van der Waals surface area contributed by atoms with Crippen LogP contribution in [0.4, 0.5) is 5.69 Å². The number of anilines is 1. The molecule has 0 aliphatic carbocycles. The third-order valence-corrected chi connectivity index (χ3v) is 6.18. The minimum atomic E-state index is -0.164. The normalized spacial score (nSPS) is 10.5. The first-order valence-corrected chi connectivity index (χ1v) is 10.6. The molecular weight excluding hydrogens is 416 g/mol. The number of benzene rings is 2. The zero-order valence-electron chi connectivity index (χ0n) is 15.4. The van der Waals surface area contributed by atoms with Crippen LogP contribution in [0.1, 0.15) is 11.3 Å². The van der Waals surface area contributed by atoms with Crippen molar-refractivity contribution in [3.8, 4) is 11.5 Å². The van der Waals surface area contributed by atoms with E-state index in [1.165, 1.54) is 11.3 Å². The van der Waals surface area contributed by atoms with E-state index in [9.17, 15) is 4.79 Å². The van der Waals surface area contributed by atoms with Crippen molar-refractivity contribution in [3.63, 3.8) is 0 Å². The predicted molar refractivity (Wildman–Crippen MR) is 115 cm³/mol. The number of ether oxygens (including phenoxy) is 2. The Balaban J connectivity index is 1.58. The van der Waals surface area contributed by atoms with Crippen molar-refractivity contribution >= 4 is 46.3 Å². The second kappa shape index (κ2) is 9.82. The molecular formula is C20H19ClN2O3S2. The standard InChI is InChI=1S/C20H19ClN2O3S2/c1-25-16-6-7-18(26-2)17(10-16)23-19(24)9-15-12-28-20(22-15)27-11-13-4-3-5-14(21)8-13/h3-8,10,12H,9,11H2,1-2H3,(H,23,24). The van der Waals surface area contributed by atoms with E-state index in [0.717, 1.165) is 26.4 Å². The number of nitrogens with zero attached hydrogens (tertiary/aromatic N) is 1. The lowest BCUT2D eigenvalue weighted by atomic mass is 10.2. The topological polar surface area (TPSA) is 60.5 Å². The molecule has 1 N–H and O–H groups in total. The smallest absolute Gasteiger partial charge is 0.230 e. The molecule has 146 valence electrons. The van der Waals surface area contributed by atoms with Gasteiger partial charge >= 0.3 is 0 Å². The van der Waals surface area contributed by atoms with Gasteiger partial charge in [0.05, 0.1) is 32.0 Å². The minimum absolute atomic E-state index is 0.164. The monoisotopic (exact) mass is 434 g/mol. The van der Waals surface area contributed by atoms with Gasteiger partial charge in [-0.05, 0) is 29.8 Å². The molecule has 0 fully saturated rings. The molecule has 0 unspecified atom stereocenters. The van der Waals surface area contributed by atoms with E-state index in [0.29, 0.717) is 17.2 Å². The molecule has 0 spiro atoms. The highest BCUT2D eigenvalue weighted by Crippen LogP contribution is 2.30. The summed E-state index contributed by atoms with van der Waals surface area (Å²) in [6, 6.07) is 13.0. The Kier molecular flexibility index (Phi) is 7.19. The number of rotatable bonds is 8. The van der Waals surface area contributed by atoms with Crippen LogP contribution >= 0.6 is 34.7 Å². The molecule has 0 aliphatic heterocycles.